The molecule has 4 heteroatoms. The lowest BCUT2D eigenvalue weighted by Gasteiger charge is -2.20. The van der Waals surface area contributed by atoms with E-state index in [1.54, 1.807) is 0 Å². The summed E-state index contributed by atoms with van der Waals surface area (Å²) in [7, 11) is 0. The molecule has 0 radical (unpaired) electrons. The molecule has 0 aromatic heterocycles. The van der Waals surface area contributed by atoms with Gasteiger partial charge in [0, 0.05) is 18.6 Å². The van der Waals surface area contributed by atoms with Crippen LogP contribution in [-0.4, -0.2) is 51.6 Å². The summed E-state index contributed by atoms with van der Waals surface area (Å²) in [6.07, 6.45) is 1.19. The molecule has 0 atom stereocenters. The van der Waals surface area contributed by atoms with Crippen LogP contribution in [0, 0.1) is 5.41 Å². The monoisotopic (exact) mass is 288 g/mol. The number of nitrogens with one attached hydrogen (secondary N) is 2. The molecule has 0 rings (SSSR count). The molecule has 0 saturated carbocycles. The molecule has 0 bridgehead atoms. The summed E-state index contributed by atoms with van der Waals surface area (Å²) in [5, 5.41) is 6.78. The van der Waals surface area contributed by atoms with E-state index in [1.165, 1.54) is 6.42 Å². The Hall–Kier alpha value is -0.160. The first kappa shape index (κ1) is 19.8. The van der Waals surface area contributed by atoms with E-state index in [-0.39, 0.29) is 5.54 Å². The van der Waals surface area contributed by atoms with Crippen LogP contribution in [0.25, 0.3) is 0 Å². The number of hydrogen-bond donors (Lipinski definition) is 2. The van der Waals surface area contributed by atoms with Crippen LogP contribution in [0.2, 0.25) is 0 Å². The molecule has 0 fully saturated rings. The van der Waals surface area contributed by atoms with E-state index in [2.05, 4.69) is 52.2 Å². The SMILES string of the molecule is CC(C)(C)CCNCCOCCOCCNC(C)(C)C. The van der Waals surface area contributed by atoms with Crippen molar-refractivity contribution in [2.75, 3.05) is 46.1 Å². The van der Waals surface area contributed by atoms with Crippen LogP contribution in [-0.2, 0) is 9.47 Å². The van der Waals surface area contributed by atoms with Gasteiger partial charge in [0.05, 0.1) is 26.4 Å². The molecule has 0 aliphatic rings. The summed E-state index contributed by atoms with van der Waals surface area (Å²) >= 11 is 0. The fourth-order valence-corrected chi connectivity index (χ4v) is 1.55. The van der Waals surface area contributed by atoms with Crippen LogP contribution in [0.4, 0.5) is 0 Å². The summed E-state index contributed by atoms with van der Waals surface area (Å²) < 4.78 is 11.0. The molecule has 0 saturated heterocycles. The van der Waals surface area contributed by atoms with Crippen molar-refractivity contribution in [3.63, 3.8) is 0 Å². The summed E-state index contributed by atoms with van der Waals surface area (Å²) in [5.74, 6) is 0. The van der Waals surface area contributed by atoms with Gasteiger partial charge in [-0.3, -0.25) is 0 Å². The van der Waals surface area contributed by atoms with E-state index in [9.17, 15) is 0 Å². The van der Waals surface area contributed by atoms with E-state index in [0.29, 0.717) is 18.6 Å². The number of ether oxygens (including phenoxy) is 2. The summed E-state index contributed by atoms with van der Waals surface area (Å²) in [6, 6.07) is 0. The molecule has 0 aliphatic carbocycles. The van der Waals surface area contributed by atoms with Gasteiger partial charge in [0.1, 0.15) is 0 Å². The van der Waals surface area contributed by atoms with E-state index >= 15 is 0 Å². The third-order valence-corrected chi connectivity index (χ3v) is 2.75. The number of hydrogen-bond acceptors (Lipinski definition) is 4. The zero-order valence-corrected chi connectivity index (χ0v) is 14.5. The van der Waals surface area contributed by atoms with Gasteiger partial charge in [-0.25, -0.2) is 0 Å². The van der Waals surface area contributed by atoms with Crippen LogP contribution in [0.15, 0.2) is 0 Å². The van der Waals surface area contributed by atoms with Gasteiger partial charge in [-0.1, -0.05) is 20.8 Å². The quantitative estimate of drug-likeness (QED) is 0.573. The molecule has 0 aliphatic heterocycles. The normalized spacial score (nSPS) is 12.9. The Balaban J connectivity index is 3.10. The lowest BCUT2D eigenvalue weighted by molar-refractivity contribution is 0.0484. The number of rotatable bonds is 11. The maximum atomic E-state index is 5.51. The Morgan fingerprint density at radius 1 is 0.700 bits per heavy atom. The van der Waals surface area contributed by atoms with Gasteiger partial charge in [0.15, 0.2) is 0 Å². The van der Waals surface area contributed by atoms with Crippen LogP contribution >= 0.6 is 0 Å². The molecule has 0 spiro atoms. The lowest BCUT2D eigenvalue weighted by atomic mass is 9.92. The predicted molar refractivity (Wildman–Crippen MR) is 86.3 cm³/mol. The Morgan fingerprint density at radius 2 is 1.25 bits per heavy atom. The van der Waals surface area contributed by atoms with Crippen LogP contribution in [0.5, 0.6) is 0 Å². The van der Waals surface area contributed by atoms with Crippen molar-refractivity contribution in [3.05, 3.63) is 0 Å². The standard InChI is InChI=1S/C16H36N2O2/c1-15(2,3)7-8-17-9-11-19-13-14-20-12-10-18-16(4,5)6/h17-18H,7-14H2,1-6H3. The van der Waals surface area contributed by atoms with Gasteiger partial charge in [-0.05, 0) is 39.2 Å². The average Bonchev–Trinajstić information content (AvgIpc) is 2.27. The zero-order chi connectivity index (χ0) is 15.5. The molecule has 0 unspecified atom stereocenters. The Bertz CT molecular complexity index is 195. The average molecular weight is 288 g/mol. The summed E-state index contributed by atoms with van der Waals surface area (Å²) in [6.45, 7) is 19.0. The topological polar surface area (TPSA) is 42.5 Å². The van der Waals surface area contributed by atoms with Crippen molar-refractivity contribution in [1.29, 1.82) is 0 Å². The lowest BCUT2D eigenvalue weighted by Crippen LogP contribution is -2.38. The molecular formula is C16H36N2O2. The van der Waals surface area contributed by atoms with Gasteiger partial charge in [-0.15, -0.1) is 0 Å². The molecular weight excluding hydrogens is 252 g/mol. The predicted octanol–water partition coefficient (Wildman–Crippen LogP) is 2.43. The molecule has 0 aromatic carbocycles. The Kier molecular flexibility index (Phi) is 10.5. The summed E-state index contributed by atoms with van der Waals surface area (Å²) in [4.78, 5) is 0. The van der Waals surface area contributed by atoms with E-state index in [1.807, 2.05) is 0 Å². The first-order chi connectivity index (χ1) is 9.21. The molecule has 0 amide bonds. The fraction of sp³-hybridized carbons (Fsp3) is 1.00. The van der Waals surface area contributed by atoms with E-state index in [0.717, 1.165) is 32.8 Å². The molecule has 2 N–H and O–H groups in total. The second-order valence-electron chi connectivity index (χ2n) is 7.46. The third kappa shape index (κ3) is 17.8. The zero-order valence-electron chi connectivity index (χ0n) is 14.5. The maximum Gasteiger partial charge on any atom is 0.0701 e. The van der Waals surface area contributed by atoms with Crippen molar-refractivity contribution in [3.8, 4) is 0 Å². The fourth-order valence-electron chi connectivity index (χ4n) is 1.55. The highest BCUT2D eigenvalue weighted by atomic mass is 16.5. The van der Waals surface area contributed by atoms with Crippen molar-refractivity contribution in [1.82, 2.24) is 10.6 Å². The van der Waals surface area contributed by atoms with Gasteiger partial charge in [0.2, 0.25) is 0 Å². The smallest absolute Gasteiger partial charge is 0.0701 e. The van der Waals surface area contributed by atoms with Crippen molar-refractivity contribution in [2.24, 2.45) is 5.41 Å². The van der Waals surface area contributed by atoms with Crippen molar-refractivity contribution < 1.29 is 9.47 Å². The minimum absolute atomic E-state index is 0.165. The van der Waals surface area contributed by atoms with Gasteiger partial charge in [-0.2, -0.15) is 0 Å². The van der Waals surface area contributed by atoms with Crippen LogP contribution < -0.4 is 10.6 Å². The molecule has 122 valence electrons. The largest absolute Gasteiger partial charge is 0.378 e. The molecule has 20 heavy (non-hydrogen) atoms. The highest BCUT2D eigenvalue weighted by Gasteiger charge is 2.08. The van der Waals surface area contributed by atoms with Gasteiger partial charge < -0.3 is 20.1 Å². The van der Waals surface area contributed by atoms with Crippen LogP contribution in [0.3, 0.4) is 0 Å². The molecule has 0 aromatic rings. The highest BCUT2D eigenvalue weighted by Crippen LogP contribution is 2.16. The second kappa shape index (κ2) is 10.6. The highest BCUT2D eigenvalue weighted by molar-refractivity contribution is 4.69. The van der Waals surface area contributed by atoms with Crippen LogP contribution in [0.1, 0.15) is 48.0 Å². The minimum Gasteiger partial charge on any atom is -0.378 e. The van der Waals surface area contributed by atoms with Gasteiger partial charge >= 0.3 is 0 Å². The van der Waals surface area contributed by atoms with E-state index < -0.39 is 0 Å². The van der Waals surface area contributed by atoms with Crippen molar-refractivity contribution >= 4 is 0 Å². The Morgan fingerprint density at radius 3 is 1.75 bits per heavy atom. The minimum atomic E-state index is 0.165. The maximum absolute atomic E-state index is 5.51. The van der Waals surface area contributed by atoms with E-state index in [4.69, 9.17) is 9.47 Å². The molecule has 0 heterocycles. The Labute approximate surface area is 126 Å². The van der Waals surface area contributed by atoms with Crippen molar-refractivity contribution in [2.45, 2.75) is 53.5 Å². The second-order valence-corrected chi connectivity index (χ2v) is 7.46. The molecule has 4 nitrogen and oxygen atoms in total. The van der Waals surface area contributed by atoms with Gasteiger partial charge in [0.25, 0.3) is 0 Å². The summed E-state index contributed by atoms with van der Waals surface area (Å²) in [5.41, 5.74) is 0.571. The first-order valence-electron chi connectivity index (χ1n) is 7.82. The first-order valence-corrected chi connectivity index (χ1v) is 7.82. The third-order valence-electron chi connectivity index (χ3n) is 2.75.